The van der Waals surface area contributed by atoms with Crippen LogP contribution in [0.3, 0.4) is 0 Å². The maximum absolute atomic E-state index is 14.4. The van der Waals surface area contributed by atoms with Crippen LogP contribution in [0.4, 0.5) is 10.6 Å². The molecule has 2 aliphatic rings. The minimum Gasteiger partial charge on any atom is -0.481 e. The van der Waals surface area contributed by atoms with Gasteiger partial charge in [-0.3, -0.25) is 33.7 Å². The van der Waals surface area contributed by atoms with Crippen LogP contribution in [0.25, 0.3) is 43.4 Å². The number of pyridine rings is 1. The van der Waals surface area contributed by atoms with Crippen molar-refractivity contribution in [2.45, 2.75) is 96.1 Å². The molecule has 92 heavy (non-hydrogen) atoms. The first kappa shape index (κ1) is 66.7. The van der Waals surface area contributed by atoms with E-state index >= 15 is 0 Å². The molecule has 0 saturated heterocycles. The SMILES string of the molecule is CNC(=O)C[C@@H]1NC(=O)c2csc(n2)-c2ccc(-c3nc(N(CCOCC(=O)O)C(=O)OC4CCC(C(=O)O)CC4)cs3)nc2-c2csc(n2)-c2csc(n2)[C@H]([C@@H](O)c2ccccc2)NC(=O)CNC(=O)c2nc(sc2COC)[C@H](C(C)C)CC(=O)c2nc1sc2C. The van der Waals surface area contributed by atoms with Gasteiger partial charge in [0, 0.05) is 58.5 Å². The van der Waals surface area contributed by atoms with E-state index < -0.39 is 90.9 Å². The second-order valence-electron chi connectivity index (χ2n) is 21.7. The number of rotatable bonds is 16. The number of amides is 5. The number of carbonyl (C=O) groups excluding carboxylic acids is 6. The average Bonchev–Trinajstić information content (AvgIpc) is 1.62. The number of anilines is 1. The molecule has 26 nitrogen and oxygen atoms in total. The van der Waals surface area contributed by atoms with E-state index in [9.17, 15) is 53.7 Å². The van der Waals surface area contributed by atoms with Crippen LogP contribution in [0.15, 0.2) is 64.0 Å². The molecule has 10 rings (SSSR count). The molecule has 8 aromatic rings. The summed E-state index contributed by atoms with van der Waals surface area (Å²) in [6.45, 7) is 4.13. The zero-order chi connectivity index (χ0) is 65.3. The number of hydrogen-bond donors (Lipinski definition) is 7. The van der Waals surface area contributed by atoms with Gasteiger partial charge in [-0.15, -0.1) is 68.0 Å². The Bertz CT molecular complexity index is 4020. The maximum Gasteiger partial charge on any atom is 0.415 e. The summed E-state index contributed by atoms with van der Waals surface area (Å²) in [5.41, 5.74) is 2.43. The first-order valence-electron chi connectivity index (χ1n) is 28.9. The summed E-state index contributed by atoms with van der Waals surface area (Å²) >= 11 is 7.05. The minimum atomic E-state index is -1.31. The molecular formula is C60H62N12O14S6. The third-order valence-electron chi connectivity index (χ3n) is 15.1. The van der Waals surface area contributed by atoms with Crippen molar-refractivity contribution >= 4 is 121 Å². The molecule has 1 aliphatic heterocycles. The molecule has 1 saturated carbocycles. The zero-order valence-electron chi connectivity index (χ0n) is 50.0. The monoisotopic (exact) mass is 1370 g/mol. The molecule has 4 atom stereocenters. The number of methoxy groups -OCH3 is 1. The number of thiazole rings is 6. The van der Waals surface area contributed by atoms with Crippen LogP contribution in [0.5, 0.6) is 0 Å². The Morgan fingerprint density at radius 1 is 0.739 bits per heavy atom. The van der Waals surface area contributed by atoms with E-state index in [-0.39, 0.29) is 67.2 Å². The Morgan fingerprint density at radius 2 is 1.45 bits per heavy atom. The summed E-state index contributed by atoms with van der Waals surface area (Å²) in [7, 11) is 2.94. The Morgan fingerprint density at radius 3 is 2.17 bits per heavy atom. The molecule has 5 amide bonds. The molecule has 8 heterocycles. The number of fused-ring (bicyclic) bond motifs is 14. The van der Waals surface area contributed by atoms with E-state index in [1.165, 1.54) is 41.7 Å². The number of aliphatic hydroxyl groups excluding tert-OH is 1. The van der Waals surface area contributed by atoms with Gasteiger partial charge in [0.05, 0.1) is 60.3 Å². The summed E-state index contributed by atoms with van der Waals surface area (Å²) in [6, 6.07) is 10.0. The van der Waals surface area contributed by atoms with Crippen molar-refractivity contribution in [1.29, 1.82) is 0 Å². The van der Waals surface area contributed by atoms with E-state index in [0.717, 1.165) is 45.3 Å². The predicted molar refractivity (Wildman–Crippen MR) is 344 cm³/mol. The molecule has 0 radical (unpaired) electrons. The largest absolute Gasteiger partial charge is 0.481 e. The fraction of sp³-hybridized carbons (Fsp3) is 0.383. The van der Waals surface area contributed by atoms with Crippen LogP contribution in [0, 0.1) is 18.8 Å². The molecule has 482 valence electrons. The van der Waals surface area contributed by atoms with Gasteiger partial charge in [0.2, 0.25) is 11.8 Å². The van der Waals surface area contributed by atoms with Gasteiger partial charge >= 0.3 is 18.0 Å². The van der Waals surface area contributed by atoms with Crippen molar-refractivity contribution in [2.75, 3.05) is 45.4 Å². The molecule has 1 fully saturated rings. The fourth-order valence-corrected chi connectivity index (χ4v) is 15.8. The number of ether oxygens (including phenoxy) is 3. The zero-order valence-corrected chi connectivity index (χ0v) is 54.9. The van der Waals surface area contributed by atoms with Gasteiger partial charge in [-0.2, -0.15) is 0 Å². The van der Waals surface area contributed by atoms with Crippen molar-refractivity contribution in [3.63, 3.8) is 0 Å². The van der Waals surface area contributed by atoms with Crippen LogP contribution in [0.2, 0.25) is 0 Å². The molecule has 0 unspecified atom stereocenters. The summed E-state index contributed by atoms with van der Waals surface area (Å²) in [5, 5.41) is 50.7. The second kappa shape index (κ2) is 30.0. The molecule has 10 bridgehead atoms. The van der Waals surface area contributed by atoms with Crippen LogP contribution >= 0.6 is 68.0 Å². The number of aliphatic hydroxyl groups is 1. The highest BCUT2D eigenvalue weighted by molar-refractivity contribution is 7.15. The van der Waals surface area contributed by atoms with Crippen molar-refractivity contribution in [3.8, 4) is 43.4 Å². The number of hydrogen-bond acceptors (Lipinski definition) is 25. The van der Waals surface area contributed by atoms with Crippen molar-refractivity contribution < 1.29 is 67.9 Å². The topological polar surface area (TPSA) is 367 Å². The third kappa shape index (κ3) is 15.8. The van der Waals surface area contributed by atoms with Crippen molar-refractivity contribution in [3.05, 3.63) is 111 Å². The third-order valence-corrected chi connectivity index (χ3v) is 20.8. The van der Waals surface area contributed by atoms with Gasteiger partial charge in [-0.25, -0.2) is 44.5 Å². The molecule has 1 aromatic carbocycles. The standard InChI is InChI=1S/C60H62N12O14S6/c1-28(2)34-19-40(73)46-29(3)91-57(70-46)36(20-43(74)61-4)64-51(79)38-25-87-53(66-38)33-15-16-35(55-68-42(27-90-55)72(17-18-85-23-45(76)77)60(83)86-32-13-11-31(12-14-32)59(81)82)63-47(33)37-24-88-56(65-37)39-26-89-58(67-39)49(50(78)30-9-7-6-8-10-30)69-44(75)21-62-52(80)48-41(22-84-5)92-54(34)71-48/h6-10,15-16,24-28,31-32,34,36,49-50,78H,11-14,17-23H2,1-5H3,(H,61,74)(H,62,80)(H,64,79)(H,69,75)(H,76,77)(H,81,82)/t31?,32?,34-,36-,49-,50-/m0/s1. The first-order valence-corrected chi connectivity index (χ1v) is 34.1. The number of nitrogens with zero attached hydrogens (tertiary/aromatic N) is 8. The van der Waals surface area contributed by atoms with Gasteiger partial charge in [0.1, 0.15) is 89.9 Å². The lowest BCUT2D eigenvalue weighted by atomic mass is 9.87. The van der Waals surface area contributed by atoms with Gasteiger partial charge in [-0.05, 0) is 56.2 Å². The van der Waals surface area contributed by atoms with Crippen molar-refractivity contribution in [1.82, 2.24) is 56.2 Å². The van der Waals surface area contributed by atoms with Crippen LogP contribution in [-0.2, 0) is 40.0 Å². The number of aryl methyl sites for hydroxylation is 1. The number of benzene rings is 1. The highest BCUT2D eigenvalue weighted by atomic mass is 32.1. The molecule has 32 heteroatoms. The predicted octanol–water partition coefficient (Wildman–Crippen LogP) is 8.89. The number of aliphatic carboxylic acids is 2. The highest BCUT2D eigenvalue weighted by Crippen LogP contribution is 2.41. The fourth-order valence-electron chi connectivity index (χ4n) is 10.2. The smallest absolute Gasteiger partial charge is 0.415 e. The van der Waals surface area contributed by atoms with Gasteiger partial charge in [0.25, 0.3) is 11.8 Å². The number of carbonyl (C=O) groups is 8. The lowest BCUT2D eigenvalue weighted by molar-refractivity contribution is -0.143. The number of carboxylic acid groups (broad SMARTS) is 2. The minimum absolute atomic E-state index is 0.00769. The average molecular weight is 1370 g/mol. The van der Waals surface area contributed by atoms with Crippen LogP contribution in [0.1, 0.15) is 138 Å². The molecule has 7 N–H and O–H groups in total. The Hall–Kier alpha value is -8.21. The molecular weight excluding hydrogens is 1310 g/mol. The number of nitrogens with one attached hydrogen (secondary N) is 4. The Labute approximate surface area is 549 Å². The van der Waals surface area contributed by atoms with E-state index in [1.807, 2.05) is 13.8 Å². The first-order chi connectivity index (χ1) is 44.2. The van der Waals surface area contributed by atoms with E-state index in [1.54, 1.807) is 70.9 Å². The van der Waals surface area contributed by atoms with Gasteiger partial charge in [0.15, 0.2) is 5.78 Å². The Balaban J connectivity index is 1.03. The molecule has 0 spiro atoms. The summed E-state index contributed by atoms with van der Waals surface area (Å²) in [6.07, 6.45) is -1.64. The van der Waals surface area contributed by atoms with E-state index in [0.29, 0.717) is 99.4 Å². The van der Waals surface area contributed by atoms with E-state index in [4.69, 9.17) is 49.1 Å². The van der Waals surface area contributed by atoms with Gasteiger partial charge < -0.3 is 50.8 Å². The van der Waals surface area contributed by atoms with E-state index in [2.05, 4.69) is 21.3 Å². The number of ketones is 1. The van der Waals surface area contributed by atoms with Crippen molar-refractivity contribution in [2.24, 2.45) is 11.8 Å². The normalized spacial score (nSPS) is 18.5. The summed E-state index contributed by atoms with van der Waals surface area (Å²) in [4.78, 5) is 143. The lowest BCUT2D eigenvalue weighted by Crippen LogP contribution is -2.40. The van der Waals surface area contributed by atoms with Gasteiger partial charge in [-0.1, -0.05) is 44.2 Å². The van der Waals surface area contributed by atoms with Crippen LogP contribution in [-0.4, -0.2) is 144 Å². The highest BCUT2D eigenvalue weighted by Gasteiger charge is 2.35. The number of carboxylic acids is 2. The summed E-state index contributed by atoms with van der Waals surface area (Å²) < 4.78 is 16.6. The summed E-state index contributed by atoms with van der Waals surface area (Å²) in [5.74, 6) is -5.87. The lowest BCUT2D eigenvalue weighted by Gasteiger charge is -2.28. The molecule has 1 aliphatic carbocycles. The quantitative estimate of drug-likeness (QED) is 0.0444. The van der Waals surface area contributed by atoms with Crippen LogP contribution < -0.4 is 26.2 Å². The number of Topliss-reactive ketones (excluding diaryl/α,β-unsaturated/α-hetero) is 1. The Kier molecular flexibility index (Phi) is 21.8. The second-order valence-corrected chi connectivity index (χ2v) is 27.5. The maximum atomic E-state index is 14.4. The molecule has 7 aromatic heterocycles. The number of aromatic nitrogens is 7.